The first-order chi connectivity index (χ1) is 6.04. The Hall–Kier alpha value is -0.510. The van der Waals surface area contributed by atoms with E-state index in [2.05, 4.69) is 0 Å². The van der Waals surface area contributed by atoms with E-state index in [1.54, 1.807) is 0 Å². The molecule has 2 rings (SSSR count). The van der Waals surface area contributed by atoms with Gasteiger partial charge in [0, 0.05) is 19.3 Å². The summed E-state index contributed by atoms with van der Waals surface area (Å²) in [6.45, 7) is 0.407. The van der Waals surface area contributed by atoms with Crippen molar-refractivity contribution in [3.63, 3.8) is 0 Å². The third kappa shape index (κ3) is 1.47. The average molecular weight is 190 g/mol. The van der Waals surface area contributed by atoms with Crippen LogP contribution in [0, 0.1) is 0 Å². The Balaban J connectivity index is 2.08. The molecular formula is C9H12F2O2. The number of Topliss-reactive ketones (excluding diaryl/α,β-unsaturated/α-hetero) is 1. The highest BCUT2D eigenvalue weighted by Gasteiger charge is 2.50. The smallest absolute Gasteiger partial charge is 0.248 e. The van der Waals surface area contributed by atoms with Crippen molar-refractivity contribution < 1.29 is 18.3 Å². The zero-order valence-electron chi connectivity index (χ0n) is 7.32. The van der Waals surface area contributed by atoms with Crippen molar-refractivity contribution in [2.45, 2.75) is 43.6 Å². The summed E-state index contributed by atoms with van der Waals surface area (Å²) < 4.78 is 30.9. The summed E-state index contributed by atoms with van der Waals surface area (Å²) in [6, 6.07) is 0. The van der Waals surface area contributed by atoms with Crippen LogP contribution in [0.15, 0.2) is 0 Å². The first-order valence-electron chi connectivity index (χ1n) is 4.59. The fraction of sp³-hybridized carbons (Fsp3) is 0.889. The van der Waals surface area contributed by atoms with E-state index in [1.807, 2.05) is 0 Å². The van der Waals surface area contributed by atoms with E-state index >= 15 is 0 Å². The number of ketones is 1. The fourth-order valence-corrected chi connectivity index (χ4v) is 2.09. The predicted octanol–water partition coefficient (Wildman–Crippen LogP) is 1.92. The minimum atomic E-state index is -2.59. The Morgan fingerprint density at radius 3 is 2.23 bits per heavy atom. The number of rotatable bonds is 0. The van der Waals surface area contributed by atoms with Crippen molar-refractivity contribution in [1.29, 1.82) is 0 Å². The van der Waals surface area contributed by atoms with Crippen LogP contribution >= 0.6 is 0 Å². The van der Waals surface area contributed by atoms with Gasteiger partial charge in [-0.15, -0.1) is 0 Å². The molecule has 2 fully saturated rings. The monoisotopic (exact) mass is 190 g/mol. The average Bonchev–Trinajstić information content (AvgIpc) is 2.41. The van der Waals surface area contributed by atoms with Gasteiger partial charge in [0.2, 0.25) is 5.92 Å². The molecule has 0 aromatic rings. The highest BCUT2D eigenvalue weighted by atomic mass is 19.3. The van der Waals surface area contributed by atoms with Crippen LogP contribution in [-0.4, -0.2) is 23.9 Å². The van der Waals surface area contributed by atoms with Crippen molar-refractivity contribution in [2.75, 3.05) is 6.61 Å². The molecule has 2 nitrogen and oxygen atoms in total. The van der Waals surface area contributed by atoms with Crippen molar-refractivity contribution in [2.24, 2.45) is 0 Å². The van der Waals surface area contributed by atoms with Crippen LogP contribution in [0.25, 0.3) is 0 Å². The molecule has 1 spiro atoms. The van der Waals surface area contributed by atoms with Gasteiger partial charge in [-0.25, -0.2) is 8.78 Å². The van der Waals surface area contributed by atoms with Gasteiger partial charge in [-0.05, 0) is 12.8 Å². The standard InChI is InChI=1S/C9H12F2O2/c10-9(11)4-2-8(3-5-9)7(12)1-6-13-8/h1-6H2. The van der Waals surface area contributed by atoms with Gasteiger partial charge < -0.3 is 4.74 Å². The molecule has 1 saturated heterocycles. The van der Waals surface area contributed by atoms with Crippen molar-refractivity contribution in [3.05, 3.63) is 0 Å². The van der Waals surface area contributed by atoms with Crippen LogP contribution in [0.2, 0.25) is 0 Å². The molecule has 0 amide bonds. The Kier molecular flexibility index (Phi) is 1.91. The summed E-state index contributed by atoms with van der Waals surface area (Å²) in [6.07, 6.45) is 0.362. The van der Waals surface area contributed by atoms with E-state index in [4.69, 9.17) is 4.74 Å². The molecule has 0 bridgehead atoms. The maximum absolute atomic E-state index is 12.8. The van der Waals surface area contributed by atoms with Crippen molar-refractivity contribution in [3.8, 4) is 0 Å². The van der Waals surface area contributed by atoms with Gasteiger partial charge in [0.1, 0.15) is 5.60 Å². The van der Waals surface area contributed by atoms with E-state index in [0.29, 0.717) is 13.0 Å². The lowest BCUT2D eigenvalue weighted by Gasteiger charge is -2.34. The molecule has 74 valence electrons. The normalized spacial score (nSPS) is 31.1. The lowest BCUT2D eigenvalue weighted by Crippen LogP contribution is -2.43. The van der Waals surface area contributed by atoms with Gasteiger partial charge in [0.15, 0.2) is 5.78 Å². The summed E-state index contributed by atoms with van der Waals surface area (Å²) in [5.74, 6) is -2.57. The molecule has 0 radical (unpaired) electrons. The molecule has 1 aliphatic carbocycles. The molecule has 1 heterocycles. The third-order valence-electron chi connectivity index (χ3n) is 3.00. The van der Waals surface area contributed by atoms with Gasteiger partial charge in [0.25, 0.3) is 0 Å². The van der Waals surface area contributed by atoms with Crippen molar-refractivity contribution in [1.82, 2.24) is 0 Å². The second-order valence-corrected chi connectivity index (χ2v) is 3.87. The van der Waals surface area contributed by atoms with Crippen LogP contribution in [0.4, 0.5) is 8.78 Å². The van der Waals surface area contributed by atoms with E-state index < -0.39 is 11.5 Å². The predicted molar refractivity (Wildman–Crippen MR) is 41.7 cm³/mol. The van der Waals surface area contributed by atoms with Crippen LogP contribution in [0.5, 0.6) is 0 Å². The Morgan fingerprint density at radius 1 is 1.15 bits per heavy atom. The first-order valence-corrected chi connectivity index (χ1v) is 4.59. The van der Waals surface area contributed by atoms with Gasteiger partial charge in [-0.1, -0.05) is 0 Å². The highest BCUT2D eigenvalue weighted by Crippen LogP contribution is 2.43. The molecule has 4 heteroatoms. The largest absolute Gasteiger partial charge is 0.367 e. The zero-order chi connectivity index (χ0) is 9.53. The molecule has 0 unspecified atom stereocenters. The summed E-state index contributed by atoms with van der Waals surface area (Å²) in [5, 5.41) is 0. The van der Waals surface area contributed by atoms with Crippen LogP contribution in [0.3, 0.4) is 0 Å². The van der Waals surface area contributed by atoms with Gasteiger partial charge >= 0.3 is 0 Å². The number of hydrogen-bond acceptors (Lipinski definition) is 2. The number of ether oxygens (including phenoxy) is 1. The topological polar surface area (TPSA) is 26.3 Å². The molecule has 13 heavy (non-hydrogen) atoms. The van der Waals surface area contributed by atoms with E-state index in [1.165, 1.54) is 0 Å². The number of alkyl halides is 2. The summed E-state index contributed by atoms with van der Waals surface area (Å²) in [5.41, 5.74) is -0.832. The van der Waals surface area contributed by atoms with Gasteiger partial charge in [-0.2, -0.15) is 0 Å². The molecular weight excluding hydrogens is 178 g/mol. The molecule has 2 aliphatic rings. The minimum absolute atomic E-state index is 0.0167. The molecule has 0 N–H and O–H groups in total. The van der Waals surface area contributed by atoms with E-state index in [0.717, 1.165) is 0 Å². The quantitative estimate of drug-likeness (QED) is 0.583. The van der Waals surface area contributed by atoms with Crippen LogP contribution in [-0.2, 0) is 9.53 Å². The lowest BCUT2D eigenvalue weighted by molar-refractivity contribution is -0.146. The zero-order valence-corrected chi connectivity index (χ0v) is 7.32. The van der Waals surface area contributed by atoms with Gasteiger partial charge in [0.05, 0.1) is 6.61 Å². The molecule has 0 atom stereocenters. The maximum atomic E-state index is 12.8. The Bertz CT molecular complexity index is 228. The Morgan fingerprint density at radius 2 is 1.77 bits per heavy atom. The van der Waals surface area contributed by atoms with Crippen molar-refractivity contribution >= 4 is 5.78 Å². The molecule has 1 aliphatic heterocycles. The van der Waals surface area contributed by atoms with Crippen LogP contribution in [0.1, 0.15) is 32.1 Å². The third-order valence-corrected chi connectivity index (χ3v) is 3.00. The number of carbonyl (C=O) groups is 1. The molecule has 0 aromatic heterocycles. The second kappa shape index (κ2) is 2.74. The maximum Gasteiger partial charge on any atom is 0.248 e. The number of carbonyl (C=O) groups excluding carboxylic acids is 1. The van der Waals surface area contributed by atoms with Gasteiger partial charge in [-0.3, -0.25) is 4.79 Å². The first kappa shape index (κ1) is 9.06. The van der Waals surface area contributed by atoms with E-state index in [9.17, 15) is 13.6 Å². The second-order valence-electron chi connectivity index (χ2n) is 3.87. The fourth-order valence-electron chi connectivity index (χ4n) is 2.09. The molecule has 0 aromatic carbocycles. The summed E-state index contributed by atoms with van der Waals surface area (Å²) in [7, 11) is 0. The summed E-state index contributed by atoms with van der Waals surface area (Å²) >= 11 is 0. The Labute approximate surface area is 75.3 Å². The van der Waals surface area contributed by atoms with Crippen LogP contribution < -0.4 is 0 Å². The highest BCUT2D eigenvalue weighted by molar-refractivity contribution is 5.89. The minimum Gasteiger partial charge on any atom is -0.367 e. The number of hydrogen-bond donors (Lipinski definition) is 0. The molecule has 1 saturated carbocycles. The SMILES string of the molecule is O=C1CCOC12CCC(F)(F)CC2. The summed E-state index contributed by atoms with van der Waals surface area (Å²) in [4.78, 5) is 11.4. The van der Waals surface area contributed by atoms with E-state index in [-0.39, 0.29) is 31.5 Å². The number of halogens is 2. The lowest BCUT2D eigenvalue weighted by atomic mass is 9.80.